The standard InChI is InChI=1S/C14H20BrNO/c1-5-10(3)11(4)16-14(17)12-7-6-9(2)8-13(12)15/h6-8,10-11H,5H2,1-4H3,(H,16,17). The predicted molar refractivity (Wildman–Crippen MR) is 75.3 cm³/mol. The van der Waals surface area contributed by atoms with Crippen LogP contribution in [0, 0.1) is 12.8 Å². The van der Waals surface area contributed by atoms with Crippen LogP contribution in [0.3, 0.4) is 0 Å². The van der Waals surface area contributed by atoms with E-state index in [-0.39, 0.29) is 11.9 Å². The maximum absolute atomic E-state index is 12.1. The van der Waals surface area contributed by atoms with Crippen LogP contribution >= 0.6 is 15.9 Å². The molecule has 2 nitrogen and oxygen atoms in total. The van der Waals surface area contributed by atoms with Gasteiger partial charge < -0.3 is 5.32 Å². The summed E-state index contributed by atoms with van der Waals surface area (Å²) in [6, 6.07) is 5.97. The Balaban J connectivity index is 2.76. The van der Waals surface area contributed by atoms with Gasteiger partial charge in [0.25, 0.3) is 5.91 Å². The summed E-state index contributed by atoms with van der Waals surface area (Å²) < 4.78 is 0.853. The molecule has 0 spiro atoms. The molecular weight excluding hydrogens is 278 g/mol. The Morgan fingerprint density at radius 2 is 2.06 bits per heavy atom. The van der Waals surface area contributed by atoms with Crippen molar-refractivity contribution in [3.63, 3.8) is 0 Å². The molecule has 0 aliphatic rings. The number of hydrogen-bond donors (Lipinski definition) is 1. The van der Waals surface area contributed by atoms with Crippen LogP contribution in [0.15, 0.2) is 22.7 Å². The van der Waals surface area contributed by atoms with E-state index in [4.69, 9.17) is 0 Å². The molecule has 2 atom stereocenters. The molecule has 3 heteroatoms. The minimum Gasteiger partial charge on any atom is -0.349 e. The number of carbonyl (C=O) groups is 1. The Morgan fingerprint density at radius 1 is 1.41 bits per heavy atom. The average molecular weight is 298 g/mol. The number of rotatable bonds is 4. The summed E-state index contributed by atoms with van der Waals surface area (Å²) in [7, 11) is 0. The van der Waals surface area contributed by atoms with E-state index >= 15 is 0 Å². The molecule has 0 radical (unpaired) electrons. The Labute approximate surface area is 112 Å². The van der Waals surface area contributed by atoms with E-state index in [1.165, 1.54) is 0 Å². The van der Waals surface area contributed by atoms with Crippen LogP contribution in [0.5, 0.6) is 0 Å². The number of benzene rings is 1. The molecule has 0 aromatic heterocycles. The summed E-state index contributed by atoms with van der Waals surface area (Å²) in [5.41, 5.74) is 1.84. The Hall–Kier alpha value is -0.830. The lowest BCUT2D eigenvalue weighted by Gasteiger charge is -2.20. The van der Waals surface area contributed by atoms with Gasteiger partial charge in [-0.05, 0) is 53.4 Å². The first kappa shape index (κ1) is 14.2. The van der Waals surface area contributed by atoms with Crippen molar-refractivity contribution in [3.05, 3.63) is 33.8 Å². The smallest absolute Gasteiger partial charge is 0.252 e. The Kier molecular flexibility index (Phi) is 5.19. The van der Waals surface area contributed by atoms with Crippen molar-refractivity contribution in [1.29, 1.82) is 0 Å². The summed E-state index contributed by atoms with van der Waals surface area (Å²) in [6.45, 7) is 8.34. The SMILES string of the molecule is CCC(C)C(C)NC(=O)c1ccc(C)cc1Br. The van der Waals surface area contributed by atoms with Crippen molar-refractivity contribution in [2.45, 2.75) is 40.2 Å². The van der Waals surface area contributed by atoms with Crippen molar-refractivity contribution in [1.82, 2.24) is 5.32 Å². The number of carbonyl (C=O) groups excluding carboxylic acids is 1. The monoisotopic (exact) mass is 297 g/mol. The second-order valence-electron chi connectivity index (χ2n) is 4.63. The van der Waals surface area contributed by atoms with Crippen LogP contribution in [0.2, 0.25) is 0 Å². The maximum atomic E-state index is 12.1. The molecule has 1 N–H and O–H groups in total. The Bertz CT molecular complexity index is 403. The molecule has 0 saturated carbocycles. The van der Waals surface area contributed by atoms with Crippen LogP contribution in [-0.4, -0.2) is 11.9 Å². The lowest BCUT2D eigenvalue weighted by atomic mass is 10.0. The number of nitrogens with one attached hydrogen (secondary N) is 1. The van der Waals surface area contributed by atoms with Crippen LogP contribution in [0.25, 0.3) is 0 Å². The van der Waals surface area contributed by atoms with E-state index in [0.717, 1.165) is 16.5 Å². The second kappa shape index (κ2) is 6.20. The molecule has 0 aliphatic carbocycles. The molecular formula is C14H20BrNO. The number of halogens is 1. The third-order valence-electron chi connectivity index (χ3n) is 3.23. The third kappa shape index (κ3) is 3.84. The highest BCUT2D eigenvalue weighted by atomic mass is 79.9. The summed E-state index contributed by atoms with van der Waals surface area (Å²) in [6.07, 6.45) is 1.07. The highest BCUT2D eigenvalue weighted by molar-refractivity contribution is 9.10. The average Bonchev–Trinajstić information content (AvgIpc) is 2.27. The van der Waals surface area contributed by atoms with E-state index in [2.05, 4.69) is 35.1 Å². The first-order valence-corrected chi connectivity index (χ1v) is 6.82. The van der Waals surface area contributed by atoms with Gasteiger partial charge in [0, 0.05) is 10.5 Å². The molecule has 0 heterocycles. The first-order chi connectivity index (χ1) is 7.95. The van der Waals surface area contributed by atoms with Crippen LogP contribution < -0.4 is 5.32 Å². The highest BCUT2D eigenvalue weighted by Crippen LogP contribution is 2.19. The fourth-order valence-electron chi connectivity index (χ4n) is 1.58. The summed E-state index contributed by atoms with van der Waals surface area (Å²) in [5, 5.41) is 3.04. The van der Waals surface area contributed by atoms with Gasteiger partial charge in [0.2, 0.25) is 0 Å². The predicted octanol–water partition coefficient (Wildman–Crippen LogP) is 3.92. The highest BCUT2D eigenvalue weighted by Gasteiger charge is 2.16. The molecule has 1 rings (SSSR count). The minimum atomic E-state index is -0.00956. The first-order valence-electron chi connectivity index (χ1n) is 6.02. The van der Waals surface area contributed by atoms with E-state index in [1.807, 2.05) is 32.0 Å². The van der Waals surface area contributed by atoms with Crippen molar-refractivity contribution >= 4 is 21.8 Å². The van der Waals surface area contributed by atoms with E-state index in [9.17, 15) is 4.79 Å². The van der Waals surface area contributed by atoms with Gasteiger partial charge in [-0.1, -0.05) is 26.3 Å². The van der Waals surface area contributed by atoms with Gasteiger partial charge in [0.05, 0.1) is 5.56 Å². The molecule has 1 aromatic carbocycles. The zero-order chi connectivity index (χ0) is 13.0. The molecule has 1 aromatic rings. The molecule has 1 amide bonds. The fraction of sp³-hybridized carbons (Fsp3) is 0.500. The minimum absolute atomic E-state index is 0.00956. The van der Waals surface area contributed by atoms with Gasteiger partial charge in [-0.25, -0.2) is 0 Å². The van der Waals surface area contributed by atoms with Gasteiger partial charge in [-0.3, -0.25) is 4.79 Å². The number of aryl methyl sites for hydroxylation is 1. The van der Waals surface area contributed by atoms with Gasteiger partial charge >= 0.3 is 0 Å². The molecule has 0 saturated heterocycles. The summed E-state index contributed by atoms with van der Waals surface area (Å²) in [5.74, 6) is 0.479. The molecule has 0 fully saturated rings. The fourth-order valence-corrected chi connectivity index (χ4v) is 2.26. The molecule has 0 aliphatic heterocycles. The molecule has 94 valence electrons. The number of hydrogen-bond acceptors (Lipinski definition) is 1. The van der Waals surface area contributed by atoms with Crippen molar-refractivity contribution in [2.24, 2.45) is 5.92 Å². The molecule has 0 bridgehead atoms. The normalized spacial score (nSPS) is 14.2. The van der Waals surface area contributed by atoms with E-state index in [0.29, 0.717) is 11.5 Å². The van der Waals surface area contributed by atoms with Crippen molar-refractivity contribution < 1.29 is 4.79 Å². The lowest BCUT2D eigenvalue weighted by Crippen LogP contribution is -2.37. The second-order valence-corrected chi connectivity index (χ2v) is 5.49. The molecule has 17 heavy (non-hydrogen) atoms. The van der Waals surface area contributed by atoms with Gasteiger partial charge in [-0.15, -0.1) is 0 Å². The van der Waals surface area contributed by atoms with Crippen molar-refractivity contribution in [2.75, 3.05) is 0 Å². The quantitative estimate of drug-likeness (QED) is 0.896. The summed E-state index contributed by atoms with van der Waals surface area (Å²) in [4.78, 5) is 12.1. The van der Waals surface area contributed by atoms with E-state index < -0.39 is 0 Å². The van der Waals surface area contributed by atoms with Gasteiger partial charge in [0.1, 0.15) is 0 Å². The topological polar surface area (TPSA) is 29.1 Å². The molecule has 2 unspecified atom stereocenters. The van der Waals surface area contributed by atoms with Crippen molar-refractivity contribution in [3.8, 4) is 0 Å². The number of amides is 1. The van der Waals surface area contributed by atoms with Gasteiger partial charge in [-0.2, -0.15) is 0 Å². The lowest BCUT2D eigenvalue weighted by molar-refractivity contribution is 0.0927. The zero-order valence-corrected chi connectivity index (χ0v) is 12.5. The van der Waals surface area contributed by atoms with Crippen LogP contribution in [0.4, 0.5) is 0 Å². The summed E-state index contributed by atoms with van der Waals surface area (Å²) >= 11 is 3.43. The maximum Gasteiger partial charge on any atom is 0.252 e. The van der Waals surface area contributed by atoms with Gasteiger partial charge in [0.15, 0.2) is 0 Å². The zero-order valence-electron chi connectivity index (χ0n) is 10.9. The van der Waals surface area contributed by atoms with E-state index in [1.54, 1.807) is 0 Å². The van der Waals surface area contributed by atoms with Crippen LogP contribution in [0.1, 0.15) is 43.1 Å². The Morgan fingerprint density at radius 3 is 2.59 bits per heavy atom. The van der Waals surface area contributed by atoms with Crippen LogP contribution in [-0.2, 0) is 0 Å². The largest absolute Gasteiger partial charge is 0.349 e. The third-order valence-corrected chi connectivity index (χ3v) is 3.88.